The Hall–Kier alpha value is -2.81. The summed E-state index contributed by atoms with van der Waals surface area (Å²) in [5, 5.41) is 11.3. The molecule has 0 spiro atoms. The fraction of sp³-hybridized carbons (Fsp3) is 0.471. The number of ether oxygens (including phenoxy) is 4. The number of amides is 1. The number of rotatable bonds is 8. The minimum Gasteiger partial charge on any atom is -0.478 e. The lowest BCUT2D eigenvalue weighted by molar-refractivity contribution is 0.0433. The summed E-state index contributed by atoms with van der Waals surface area (Å²) in [5.74, 6) is -0.903. The second-order valence-electron chi connectivity index (χ2n) is 6.07. The van der Waals surface area contributed by atoms with Crippen molar-refractivity contribution in [1.82, 2.24) is 5.32 Å². The van der Waals surface area contributed by atoms with E-state index < -0.39 is 23.8 Å². The molecular formula is C17H23NO8. The Bertz CT molecular complexity index is 606. The molecule has 26 heavy (non-hydrogen) atoms. The molecule has 144 valence electrons. The van der Waals surface area contributed by atoms with E-state index in [9.17, 15) is 14.4 Å². The quantitative estimate of drug-likeness (QED) is 0.407. The summed E-state index contributed by atoms with van der Waals surface area (Å²) in [5.41, 5.74) is -0.480. The number of carbonyl (C=O) groups excluding carboxylic acids is 2. The van der Waals surface area contributed by atoms with Gasteiger partial charge in [0.15, 0.2) is 0 Å². The average Bonchev–Trinajstić information content (AvgIpc) is 2.52. The molecule has 0 aliphatic carbocycles. The van der Waals surface area contributed by atoms with Crippen molar-refractivity contribution in [3.05, 3.63) is 29.8 Å². The molecular weight excluding hydrogens is 346 g/mol. The first kappa shape index (κ1) is 21.2. The molecule has 0 heterocycles. The highest BCUT2D eigenvalue weighted by molar-refractivity contribution is 5.87. The molecule has 0 saturated carbocycles. The Morgan fingerprint density at radius 3 is 2.27 bits per heavy atom. The zero-order chi connectivity index (χ0) is 19.6. The summed E-state index contributed by atoms with van der Waals surface area (Å²) in [6.07, 6.45) is -1.46. The van der Waals surface area contributed by atoms with Crippen LogP contribution in [-0.2, 0) is 14.2 Å². The largest absolute Gasteiger partial charge is 0.513 e. The Kier molecular flexibility index (Phi) is 8.36. The van der Waals surface area contributed by atoms with E-state index in [1.165, 1.54) is 24.3 Å². The highest BCUT2D eigenvalue weighted by Gasteiger charge is 2.15. The second kappa shape index (κ2) is 10.2. The van der Waals surface area contributed by atoms with Crippen LogP contribution in [0.3, 0.4) is 0 Å². The van der Waals surface area contributed by atoms with Crippen LogP contribution in [0.15, 0.2) is 24.3 Å². The van der Waals surface area contributed by atoms with Crippen LogP contribution in [0.1, 0.15) is 31.1 Å². The first-order chi connectivity index (χ1) is 12.2. The molecule has 1 amide bonds. The molecule has 0 unspecified atom stereocenters. The lowest BCUT2D eigenvalue weighted by Crippen LogP contribution is -2.34. The molecule has 0 aromatic heterocycles. The molecule has 9 nitrogen and oxygen atoms in total. The fourth-order valence-corrected chi connectivity index (χ4v) is 1.62. The third-order valence-corrected chi connectivity index (χ3v) is 2.66. The molecule has 1 aromatic rings. The van der Waals surface area contributed by atoms with Gasteiger partial charge in [-0.2, -0.15) is 0 Å². The molecule has 2 N–H and O–H groups in total. The van der Waals surface area contributed by atoms with E-state index in [1.54, 1.807) is 20.8 Å². The monoisotopic (exact) mass is 369 g/mol. The number of alkyl carbamates (subject to hydrolysis) is 1. The molecule has 1 rings (SSSR count). The molecule has 0 fully saturated rings. The SMILES string of the molecule is CC(C)(C)OC(=O)NCCOCCOC(=O)Oc1ccc(C(=O)O)cc1. The number of benzene rings is 1. The van der Waals surface area contributed by atoms with E-state index in [1.807, 2.05) is 0 Å². The molecule has 1 aromatic carbocycles. The molecule has 0 radical (unpaired) electrons. The first-order valence-corrected chi connectivity index (χ1v) is 7.90. The maximum Gasteiger partial charge on any atom is 0.513 e. The highest BCUT2D eigenvalue weighted by Crippen LogP contribution is 2.12. The van der Waals surface area contributed by atoms with Gasteiger partial charge in [0.2, 0.25) is 0 Å². The summed E-state index contributed by atoms with van der Waals surface area (Å²) in [7, 11) is 0. The first-order valence-electron chi connectivity index (χ1n) is 7.90. The number of hydrogen-bond acceptors (Lipinski definition) is 7. The third kappa shape index (κ3) is 9.48. The Morgan fingerprint density at radius 1 is 1.04 bits per heavy atom. The summed E-state index contributed by atoms with van der Waals surface area (Å²) in [6, 6.07) is 5.32. The van der Waals surface area contributed by atoms with Crippen LogP contribution in [0.4, 0.5) is 9.59 Å². The van der Waals surface area contributed by atoms with Gasteiger partial charge in [0.25, 0.3) is 0 Å². The Morgan fingerprint density at radius 2 is 1.69 bits per heavy atom. The number of aromatic carboxylic acids is 1. The van der Waals surface area contributed by atoms with Gasteiger partial charge in [-0.3, -0.25) is 0 Å². The summed E-state index contributed by atoms with van der Waals surface area (Å²) in [4.78, 5) is 33.5. The van der Waals surface area contributed by atoms with Crippen LogP contribution < -0.4 is 10.1 Å². The van der Waals surface area contributed by atoms with Crippen LogP contribution in [0, 0.1) is 0 Å². The minimum absolute atomic E-state index is 0.0293. The van der Waals surface area contributed by atoms with Gasteiger partial charge in [-0.1, -0.05) is 0 Å². The number of nitrogens with one attached hydrogen (secondary N) is 1. The van der Waals surface area contributed by atoms with Crippen molar-refractivity contribution in [2.24, 2.45) is 0 Å². The number of carboxylic acid groups (broad SMARTS) is 1. The van der Waals surface area contributed by atoms with E-state index in [0.717, 1.165) is 0 Å². The van der Waals surface area contributed by atoms with E-state index in [2.05, 4.69) is 5.32 Å². The Labute approximate surface area is 151 Å². The zero-order valence-corrected chi connectivity index (χ0v) is 14.9. The van der Waals surface area contributed by atoms with Gasteiger partial charge in [-0.15, -0.1) is 0 Å². The number of carbonyl (C=O) groups is 3. The van der Waals surface area contributed by atoms with E-state index in [-0.39, 0.29) is 37.7 Å². The standard InChI is InChI=1S/C17H23NO8/c1-17(2,3)26-15(21)18-8-9-23-10-11-24-16(22)25-13-6-4-12(5-7-13)14(19)20/h4-7H,8-11H2,1-3H3,(H,18,21)(H,19,20). The van der Waals surface area contributed by atoms with E-state index in [4.69, 9.17) is 24.1 Å². The van der Waals surface area contributed by atoms with Crippen molar-refractivity contribution >= 4 is 18.2 Å². The van der Waals surface area contributed by atoms with Crippen molar-refractivity contribution < 1.29 is 38.4 Å². The van der Waals surface area contributed by atoms with Crippen LogP contribution in [0.25, 0.3) is 0 Å². The lowest BCUT2D eigenvalue weighted by atomic mass is 10.2. The summed E-state index contributed by atoms with van der Waals surface area (Å²) < 4.78 is 19.9. The van der Waals surface area contributed by atoms with Gasteiger partial charge in [0, 0.05) is 6.54 Å². The third-order valence-electron chi connectivity index (χ3n) is 2.66. The molecule has 0 aliphatic rings. The molecule has 0 aliphatic heterocycles. The number of carboxylic acids is 1. The predicted octanol–water partition coefficient (Wildman–Crippen LogP) is 2.44. The number of hydrogen-bond donors (Lipinski definition) is 2. The van der Waals surface area contributed by atoms with Crippen molar-refractivity contribution in [2.45, 2.75) is 26.4 Å². The maximum atomic E-state index is 11.5. The van der Waals surface area contributed by atoms with Gasteiger partial charge in [0.1, 0.15) is 18.0 Å². The van der Waals surface area contributed by atoms with Gasteiger partial charge in [0.05, 0.1) is 18.8 Å². The maximum absolute atomic E-state index is 11.5. The van der Waals surface area contributed by atoms with Gasteiger partial charge in [-0.05, 0) is 45.0 Å². The summed E-state index contributed by atoms with van der Waals surface area (Å²) in [6.45, 7) is 5.88. The second-order valence-corrected chi connectivity index (χ2v) is 6.07. The van der Waals surface area contributed by atoms with Crippen molar-refractivity contribution in [3.8, 4) is 5.75 Å². The van der Waals surface area contributed by atoms with Crippen LogP contribution >= 0.6 is 0 Å². The summed E-state index contributed by atoms with van der Waals surface area (Å²) >= 11 is 0. The highest BCUT2D eigenvalue weighted by atomic mass is 16.7. The average molecular weight is 369 g/mol. The smallest absolute Gasteiger partial charge is 0.478 e. The minimum atomic E-state index is -1.07. The van der Waals surface area contributed by atoms with Crippen LogP contribution in [0.5, 0.6) is 5.75 Å². The normalized spacial score (nSPS) is 10.7. The van der Waals surface area contributed by atoms with Gasteiger partial charge in [-0.25, -0.2) is 14.4 Å². The zero-order valence-electron chi connectivity index (χ0n) is 14.9. The molecule has 0 bridgehead atoms. The molecule has 0 atom stereocenters. The van der Waals surface area contributed by atoms with E-state index >= 15 is 0 Å². The van der Waals surface area contributed by atoms with Crippen molar-refractivity contribution in [1.29, 1.82) is 0 Å². The molecule has 0 saturated heterocycles. The van der Waals surface area contributed by atoms with Crippen molar-refractivity contribution in [3.63, 3.8) is 0 Å². The van der Waals surface area contributed by atoms with E-state index in [0.29, 0.717) is 0 Å². The lowest BCUT2D eigenvalue weighted by Gasteiger charge is -2.19. The van der Waals surface area contributed by atoms with Crippen LogP contribution in [-0.4, -0.2) is 55.3 Å². The van der Waals surface area contributed by atoms with Crippen LogP contribution in [0.2, 0.25) is 0 Å². The van der Waals surface area contributed by atoms with Crippen molar-refractivity contribution in [2.75, 3.05) is 26.4 Å². The Balaban J connectivity index is 2.09. The predicted molar refractivity (Wildman–Crippen MR) is 90.4 cm³/mol. The van der Waals surface area contributed by atoms with Gasteiger partial charge < -0.3 is 29.4 Å². The topological polar surface area (TPSA) is 120 Å². The fourth-order valence-electron chi connectivity index (χ4n) is 1.62. The molecule has 9 heteroatoms. The van der Waals surface area contributed by atoms with Gasteiger partial charge >= 0.3 is 18.2 Å².